The van der Waals surface area contributed by atoms with Crippen molar-refractivity contribution in [3.63, 3.8) is 0 Å². The number of aliphatic hydroxyl groups is 2. The summed E-state index contributed by atoms with van der Waals surface area (Å²) in [6.45, 7) is 3.47. The fourth-order valence-electron chi connectivity index (χ4n) is 2.18. The molecule has 1 atom stereocenters. The van der Waals surface area contributed by atoms with E-state index in [9.17, 15) is 14.7 Å². The van der Waals surface area contributed by atoms with E-state index in [0.29, 0.717) is 18.0 Å². The summed E-state index contributed by atoms with van der Waals surface area (Å²) >= 11 is 0. The molecular weight excluding hydrogens is 328 g/mol. The second kappa shape index (κ2) is 8.17. The van der Waals surface area contributed by atoms with Crippen LogP contribution in [0.3, 0.4) is 0 Å². The van der Waals surface area contributed by atoms with E-state index < -0.39 is 17.4 Å². The Labute approximate surface area is 146 Å². The lowest BCUT2D eigenvalue weighted by Gasteiger charge is -2.27. The maximum atomic E-state index is 11.8. The van der Waals surface area contributed by atoms with E-state index >= 15 is 0 Å². The maximum Gasteiger partial charge on any atom is 0.249 e. The molecule has 0 spiro atoms. The van der Waals surface area contributed by atoms with E-state index in [4.69, 9.17) is 14.6 Å². The quantitative estimate of drug-likeness (QED) is 0.520. The van der Waals surface area contributed by atoms with Gasteiger partial charge in [-0.05, 0) is 17.7 Å². The minimum Gasteiger partial charge on any atom is -0.454 e. The molecule has 0 saturated heterocycles. The monoisotopic (exact) mass is 352 g/mol. The molecule has 0 aliphatic carbocycles. The molecule has 1 aromatic carbocycles. The van der Waals surface area contributed by atoms with E-state index in [-0.39, 0.29) is 32.3 Å². The Morgan fingerprint density at radius 3 is 2.68 bits per heavy atom. The third kappa shape index (κ3) is 5.07. The number of carbonyl (C=O) groups is 2. The minimum atomic E-state index is -1.34. The first-order valence-corrected chi connectivity index (χ1v) is 8.05. The highest BCUT2D eigenvalue weighted by Crippen LogP contribution is 2.32. The van der Waals surface area contributed by atoms with Gasteiger partial charge in [-0.25, -0.2) is 0 Å². The summed E-state index contributed by atoms with van der Waals surface area (Å²) in [7, 11) is 0. The van der Waals surface area contributed by atoms with Gasteiger partial charge in [0.15, 0.2) is 11.5 Å². The first-order chi connectivity index (χ1) is 11.8. The highest BCUT2D eigenvalue weighted by atomic mass is 16.7. The number of rotatable bonds is 8. The number of ether oxygens (including phenoxy) is 2. The normalized spacial score (nSPS) is 14.1. The Hall–Kier alpha value is -2.32. The molecule has 138 valence electrons. The molecule has 2 rings (SSSR count). The van der Waals surface area contributed by atoms with Crippen LogP contribution in [-0.2, 0) is 16.1 Å². The fraction of sp³-hybridized carbons (Fsp3) is 0.529. The van der Waals surface area contributed by atoms with Gasteiger partial charge in [-0.3, -0.25) is 9.59 Å². The smallest absolute Gasteiger partial charge is 0.249 e. The van der Waals surface area contributed by atoms with Crippen molar-refractivity contribution in [2.75, 3.05) is 19.9 Å². The predicted octanol–water partition coefficient (Wildman–Crippen LogP) is -0.0828. The van der Waals surface area contributed by atoms with Crippen molar-refractivity contribution < 1.29 is 29.3 Å². The zero-order chi connectivity index (χ0) is 18.4. The summed E-state index contributed by atoms with van der Waals surface area (Å²) in [4.78, 5) is 23.6. The third-order valence-electron chi connectivity index (χ3n) is 3.97. The molecule has 0 radical (unpaired) electrons. The number of nitrogens with one attached hydrogen (secondary N) is 2. The number of carbonyl (C=O) groups excluding carboxylic acids is 2. The summed E-state index contributed by atoms with van der Waals surface area (Å²) in [5, 5.41) is 24.2. The number of fused-ring (bicyclic) bond motifs is 1. The van der Waals surface area contributed by atoms with Crippen LogP contribution in [0.4, 0.5) is 0 Å². The number of amides is 2. The topological polar surface area (TPSA) is 117 Å². The van der Waals surface area contributed by atoms with Crippen LogP contribution < -0.4 is 20.1 Å². The van der Waals surface area contributed by atoms with Crippen LogP contribution in [0.5, 0.6) is 11.5 Å². The summed E-state index contributed by atoms with van der Waals surface area (Å²) in [5.41, 5.74) is -0.0622. The van der Waals surface area contributed by atoms with Gasteiger partial charge in [0.1, 0.15) is 6.10 Å². The Morgan fingerprint density at radius 1 is 1.24 bits per heavy atom. The van der Waals surface area contributed by atoms with Gasteiger partial charge in [0.25, 0.3) is 0 Å². The van der Waals surface area contributed by atoms with Crippen LogP contribution in [0.15, 0.2) is 18.2 Å². The lowest BCUT2D eigenvalue weighted by Crippen LogP contribution is -2.46. The molecule has 1 aliphatic heterocycles. The molecule has 0 unspecified atom stereocenters. The van der Waals surface area contributed by atoms with Crippen LogP contribution in [0.1, 0.15) is 25.8 Å². The second-order valence-electron chi connectivity index (χ2n) is 6.55. The minimum absolute atomic E-state index is 0.0859. The summed E-state index contributed by atoms with van der Waals surface area (Å²) in [6, 6.07) is 5.43. The van der Waals surface area contributed by atoms with E-state index in [1.165, 1.54) is 0 Å². The van der Waals surface area contributed by atoms with Gasteiger partial charge < -0.3 is 30.3 Å². The van der Waals surface area contributed by atoms with E-state index in [1.807, 2.05) is 6.07 Å². The largest absolute Gasteiger partial charge is 0.454 e. The first kappa shape index (κ1) is 19.0. The number of hydrogen-bond acceptors (Lipinski definition) is 6. The van der Waals surface area contributed by atoms with Crippen LogP contribution in [-0.4, -0.2) is 48.1 Å². The van der Waals surface area contributed by atoms with E-state index in [0.717, 1.165) is 5.56 Å². The lowest BCUT2D eigenvalue weighted by molar-refractivity contribution is -0.137. The molecular formula is C17H24N2O6. The standard InChI is InChI=1S/C17H24N2O6/c1-17(2,9-20)15(22)16(23)18-6-5-14(21)19-8-11-3-4-12-13(7-11)25-10-24-12/h3-4,7,15,20,22H,5-6,8-10H2,1-2H3,(H,18,23)(H,19,21)/t15-/m0/s1. The zero-order valence-electron chi connectivity index (χ0n) is 14.4. The van der Waals surface area contributed by atoms with Crippen LogP contribution >= 0.6 is 0 Å². The highest BCUT2D eigenvalue weighted by Gasteiger charge is 2.32. The second-order valence-corrected chi connectivity index (χ2v) is 6.55. The van der Waals surface area contributed by atoms with Crippen LogP contribution in [0.25, 0.3) is 0 Å². The molecule has 1 aromatic rings. The van der Waals surface area contributed by atoms with Crippen molar-refractivity contribution in [1.29, 1.82) is 0 Å². The van der Waals surface area contributed by atoms with Gasteiger partial charge in [0, 0.05) is 24.9 Å². The molecule has 0 bridgehead atoms. The third-order valence-corrected chi connectivity index (χ3v) is 3.97. The van der Waals surface area contributed by atoms with Gasteiger partial charge in [0.05, 0.1) is 6.61 Å². The molecule has 0 fully saturated rings. The van der Waals surface area contributed by atoms with Gasteiger partial charge in [0.2, 0.25) is 18.6 Å². The Balaban J connectivity index is 1.70. The number of benzene rings is 1. The molecule has 0 aromatic heterocycles. The van der Waals surface area contributed by atoms with Gasteiger partial charge >= 0.3 is 0 Å². The Kier molecular flexibility index (Phi) is 6.22. The van der Waals surface area contributed by atoms with Crippen molar-refractivity contribution in [1.82, 2.24) is 10.6 Å². The molecule has 0 saturated carbocycles. The highest BCUT2D eigenvalue weighted by molar-refractivity contribution is 5.82. The van der Waals surface area contributed by atoms with Crippen molar-refractivity contribution in [3.05, 3.63) is 23.8 Å². The van der Waals surface area contributed by atoms with E-state index in [2.05, 4.69) is 10.6 Å². The molecule has 1 aliphatic rings. The van der Waals surface area contributed by atoms with Crippen LogP contribution in [0.2, 0.25) is 0 Å². The van der Waals surface area contributed by atoms with Crippen molar-refractivity contribution >= 4 is 11.8 Å². The predicted molar refractivity (Wildman–Crippen MR) is 88.9 cm³/mol. The van der Waals surface area contributed by atoms with Crippen molar-refractivity contribution in [3.8, 4) is 11.5 Å². The SMILES string of the molecule is CC(C)(CO)[C@@H](O)C(=O)NCCC(=O)NCc1ccc2c(c1)OCO2. The van der Waals surface area contributed by atoms with Crippen LogP contribution in [0, 0.1) is 5.41 Å². The molecule has 2 amide bonds. The number of hydrogen-bond donors (Lipinski definition) is 4. The molecule has 8 nitrogen and oxygen atoms in total. The number of aliphatic hydroxyl groups excluding tert-OH is 2. The lowest BCUT2D eigenvalue weighted by atomic mass is 9.87. The van der Waals surface area contributed by atoms with Crippen molar-refractivity contribution in [2.45, 2.75) is 32.9 Å². The molecule has 8 heteroatoms. The van der Waals surface area contributed by atoms with Gasteiger partial charge in [-0.15, -0.1) is 0 Å². The fourth-order valence-corrected chi connectivity index (χ4v) is 2.18. The molecule has 4 N–H and O–H groups in total. The average Bonchev–Trinajstić information content (AvgIpc) is 3.06. The first-order valence-electron chi connectivity index (χ1n) is 8.05. The van der Waals surface area contributed by atoms with Crippen molar-refractivity contribution in [2.24, 2.45) is 5.41 Å². The summed E-state index contributed by atoms with van der Waals surface area (Å²) < 4.78 is 10.5. The summed E-state index contributed by atoms with van der Waals surface area (Å²) in [5.74, 6) is 0.498. The van der Waals surface area contributed by atoms with Gasteiger partial charge in [-0.1, -0.05) is 19.9 Å². The average molecular weight is 352 g/mol. The zero-order valence-corrected chi connectivity index (χ0v) is 14.4. The maximum absolute atomic E-state index is 11.8. The molecule has 25 heavy (non-hydrogen) atoms. The summed E-state index contributed by atoms with van der Waals surface area (Å²) in [6.07, 6.45) is -1.25. The molecule has 1 heterocycles. The van der Waals surface area contributed by atoms with E-state index in [1.54, 1.807) is 26.0 Å². The Bertz CT molecular complexity index is 632. The Morgan fingerprint density at radius 2 is 1.96 bits per heavy atom. The van der Waals surface area contributed by atoms with Gasteiger partial charge in [-0.2, -0.15) is 0 Å².